The highest BCUT2D eigenvalue weighted by Crippen LogP contribution is 2.47. The minimum Gasteiger partial charge on any atom is -0.384 e. The van der Waals surface area contributed by atoms with Gasteiger partial charge in [0, 0.05) is 29.8 Å². The van der Waals surface area contributed by atoms with E-state index in [9.17, 15) is 27.7 Å². The monoisotopic (exact) mass is 639 g/mol. The van der Waals surface area contributed by atoms with Gasteiger partial charge in [0.05, 0.1) is 28.2 Å². The number of nitrogens with one attached hydrogen (secondary N) is 1. The predicted molar refractivity (Wildman–Crippen MR) is 159 cm³/mol. The second-order valence-electron chi connectivity index (χ2n) is 9.77. The van der Waals surface area contributed by atoms with Crippen molar-refractivity contribution < 1.29 is 22.4 Å². The fourth-order valence-corrected chi connectivity index (χ4v) is 7.27. The molecule has 11 nitrogen and oxygen atoms in total. The maximum Gasteiger partial charge on any atom is 0.238 e. The van der Waals surface area contributed by atoms with E-state index in [-0.39, 0.29) is 45.7 Å². The van der Waals surface area contributed by atoms with Gasteiger partial charge in [0.25, 0.3) is 0 Å². The number of ketones is 1. The molecule has 1 aliphatic heterocycles. The number of hydrogen-bond acceptors (Lipinski definition) is 11. The van der Waals surface area contributed by atoms with E-state index in [0.29, 0.717) is 46.5 Å². The number of thioether (sulfide) groups is 1. The fraction of sp³-hybridized carbons (Fsp3) is 0.250. The van der Waals surface area contributed by atoms with Crippen LogP contribution in [0.25, 0.3) is 0 Å². The third kappa shape index (κ3) is 6.47. The molecule has 2 aromatic carbocycles. The quantitative estimate of drug-likeness (QED) is 0.294. The fourth-order valence-electron chi connectivity index (χ4n) is 5.05. The zero-order valence-corrected chi connectivity index (χ0v) is 25.1. The van der Waals surface area contributed by atoms with E-state index < -0.39 is 21.8 Å². The summed E-state index contributed by atoms with van der Waals surface area (Å²) in [4.78, 5) is 27.2. The van der Waals surface area contributed by atoms with Crippen LogP contribution < -0.4 is 21.1 Å². The number of amides is 1. The van der Waals surface area contributed by atoms with Crippen LogP contribution >= 0.6 is 23.1 Å². The van der Waals surface area contributed by atoms with Crippen LogP contribution in [0, 0.1) is 17.1 Å². The van der Waals surface area contributed by atoms with E-state index in [1.54, 1.807) is 35.2 Å². The molecule has 1 atom stereocenters. The Balaban J connectivity index is 1.28. The normalized spacial score (nSPS) is 17.1. The lowest BCUT2D eigenvalue weighted by atomic mass is 9.75. The number of sulfonamides is 1. The average molecular weight is 640 g/mol. The summed E-state index contributed by atoms with van der Waals surface area (Å²) in [5.41, 5.74) is 8.53. The summed E-state index contributed by atoms with van der Waals surface area (Å²) in [6.07, 6.45) is 1.84. The first-order valence-electron chi connectivity index (χ1n) is 13.1. The molecule has 3 aromatic rings. The zero-order chi connectivity index (χ0) is 30.7. The summed E-state index contributed by atoms with van der Waals surface area (Å²) >= 11 is 2.34. The van der Waals surface area contributed by atoms with E-state index in [0.717, 1.165) is 16.9 Å². The lowest BCUT2D eigenvalue weighted by Gasteiger charge is -2.38. The third-order valence-corrected chi connectivity index (χ3v) is 10.0. The molecule has 0 radical (unpaired) electrons. The molecular weight excluding hydrogens is 614 g/mol. The van der Waals surface area contributed by atoms with Gasteiger partial charge in [-0.05, 0) is 43.0 Å². The summed E-state index contributed by atoms with van der Waals surface area (Å²) in [5, 5.41) is 26.8. The van der Waals surface area contributed by atoms with Gasteiger partial charge < -0.3 is 11.1 Å². The number of benzene rings is 2. The highest BCUT2D eigenvalue weighted by molar-refractivity contribution is 8.01. The van der Waals surface area contributed by atoms with Gasteiger partial charge in [-0.15, -0.1) is 10.2 Å². The molecule has 1 aromatic heterocycles. The van der Waals surface area contributed by atoms with Crippen LogP contribution in [0.3, 0.4) is 0 Å². The summed E-state index contributed by atoms with van der Waals surface area (Å²) < 4.78 is 38.1. The average Bonchev–Trinajstić information content (AvgIpc) is 3.44. The number of aromatic nitrogens is 2. The second kappa shape index (κ2) is 12.6. The molecular formula is C28H26FN7O4S3. The lowest BCUT2D eigenvalue weighted by molar-refractivity contribution is -0.118. The Morgan fingerprint density at radius 3 is 2.63 bits per heavy atom. The van der Waals surface area contributed by atoms with Crippen molar-refractivity contribution in [3.8, 4) is 6.07 Å². The Bertz CT molecular complexity index is 1800. The number of nitriles is 1. The van der Waals surface area contributed by atoms with Crippen molar-refractivity contribution in [2.45, 2.75) is 40.8 Å². The van der Waals surface area contributed by atoms with Crippen molar-refractivity contribution in [1.29, 1.82) is 5.26 Å². The van der Waals surface area contributed by atoms with Crippen molar-refractivity contribution in [2.24, 2.45) is 10.9 Å². The molecule has 1 aliphatic carbocycles. The summed E-state index contributed by atoms with van der Waals surface area (Å²) in [5.74, 6) is -1.72. The SMILES string of the molecule is N#CC1=C(N)N(c2nnc(SCC(=O)NCCc3ccc(S(N)(=O)=O)cc3)s2)C2=C(C(=O)CCC2)C1c1ccccc1F. The number of Topliss-reactive ketones (excluding diaryl/α,β-unsaturated/α-hetero) is 1. The summed E-state index contributed by atoms with van der Waals surface area (Å²) in [7, 11) is -3.76. The first-order valence-corrected chi connectivity index (χ1v) is 16.5. The van der Waals surface area contributed by atoms with E-state index >= 15 is 0 Å². The van der Waals surface area contributed by atoms with Crippen LogP contribution in [0.1, 0.15) is 36.3 Å². The van der Waals surface area contributed by atoms with Crippen molar-refractivity contribution in [3.05, 3.63) is 88.1 Å². The number of carbonyl (C=O) groups is 2. The van der Waals surface area contributed by atoms with E-state index in [4.69, 9.17) is 10.9 Å². The highest BCUT2D eigenvalue weighted by atomic mass is 32.2. The molecule has 5 rings (SSSR count). The zero-order valence-electron chi connectivity index (χ0n) is 22.6. The Morgan fingerprint density at radius 1 is 1.19 bits per heavy atom. The van der Waals surface area contributed by atoms with E-state index in [2.05, 4.69) is 21.6 Å². The third-order valence-electron chi connectivity index (χ3n) is 7.03. The molecule has 0 saturated heterocycles. The topological polar surface area (TPSA) is 185 Å². The maximum atomic E-state index is 14.9. The van der Waals surface area contributed by atoms with Gasteiger partial charge >= 0.3 is 0 Å². The Kier molecular flexibility index (Phi) is 8.92. The molecule has 2 heterocycles. The smallest absolute Gasteiger partial charge is 0.238 e. The molecule has 2 aliphatic rings. The maximum absolute atomic E-state index is 14.9. The van der Waals surface area contributed by atoms with Crippen LogP contribution in [0.5, 0.6) is 0 Å². The Morgan fingerprint density at radius 2 is 1.93 bits per heavy atom. The molecule has 5 N–H and O–H groups in total. The van der Waals surface area contributed by atoms with E-state index in [1.807, 2.05) is 0 Å². The van der Waals surface area contributed by atoms with Crippen LogP contribution in [0.2, 0.25) is 0 Å². The van der Waals surface area contributed by atoms with Crippen LogP contribution in [-0.2, 0) is 26.0 Å². The molecule has 222 valence electrons. The van der Waals surface area contributed by atoms with Crippen LogP contribution in [0.4, 0.5) is 9.52 Å². The van der Waals surface area contributed by atoms with Gasteiger partial charge in [-0.25, -0.2) is 17.9 Å². The van der Waals surface area contributed by atoms with Crippen LogP contribution in [-0.4, -0.2) is 42.6 Å². The van der Waals surface area contributed by atoms with Crippen LogP contribution in [0.15, 0.2) is 80.4 Å². The molecule has 43 heavy (non-hydrogen) atoms. The molecule has 15 heteroatoms. The van der Waals surface area contributed by atoms with Gasteiger partial charge in [0.1, 0.15) is 11.6 Å². The largest absolute Gasteiger partial charge is 0.384 e. The standard InChI is InChI=1S/C28H26FN7O4S3/c29-20-5-2-1-4-18(20)24-19(14-30)26(31)36(21-6-3-7-22(37)25(21)24)27-34-35-28(42-27)41-15-23(38)33-13-12-16-8-10-17(11-9-16)43(32,39)40/h1-2,4-5,8-11,24H,3,6-7,12-13,15,31H2,(H,33,38)(H2,32,39,40). The van der Waals surface area contributed by atoms with Crippen molar-refractivity contribution in [2.75, 3.05) is 17.2 Å². The van der Waals surface area contributed by atoms with E-state index in [1.165, 1.54) is 30.0 Å². The molecule has 0 saturated carbocycles. The minimum absolute atomic E-state index is 0.0197. The lowest BCUT2D eigenvalue weighted by Crippen LogP contribution is -2.38. The first-order chi connectivity index (χ1) is 20.6. The number of rotatable bonds is 9. The van der Waals surface area contributed by atoms with Gasteiger partial charge in [0.2, 0.25) is 21.1 Å². The van der Waals surface area contributed by atoms with Gasteiger partial charge in [-0.3, -0.25) is 14.5 Å². The van der Waals surface area contributed by atoms with Crippen molar-refractivity contribution in [3.63, 3.8) is 0 Å². The highest BCUT2D eigenvalue weighted by Gasteiger charge is 2.42. The number of anilines is 1. The molecule has 0 bridgehead atoms. The number of carbonyl (C=O) groups excluding carboxylic acids is 2. The number of nitrogens with zero attached hydrogens (tertiary/aromatic N) is 4. The van der Waals surface area contributed by atoms with Gasteiger partial charge in [-0.2, -0.15) is 5.26 Å². The predicted octanol–water partition coefficient (Wildman–Crippen LogP) is 3.08. The van der Waals surface area contributed by atoms with Gasteiger partial charge in [0.15, 0.2) is 10.1 Å². The number of allylic oxidation sites excluding steroid dienone is 3. The Hall–Kier alpha value is -4.10. The number of nitrogens with two attached hydrogens (primary N) is 2. The number of halogens is 1. The summed E-state index contributed by atoms with van der Waals surface area (Å²) in [6.45, 7) is 0.343. The Labute approximate surface area is 255 Å². The molecule has 0 spiro atoms. The first kappa shape index (κ1) is 30.4. The number of hydrogen-bond donors (Lipinski definition) is 3. The molecule has 0 fully saturated rings. The van der Waals surface area contributed by atoms with Crippen molar-refractivity contribution in [1.82, 2.24) is 15.5 Å². The van der Waals surface area contributed by atoms with Crippen molar-refractivity contribution >= 4 is 49.9 Å². The molecule has 1 amide bonds. The summed E-state index contributed by atoms with van der Waals surface area (Å²) in [6, 6.07) is 14.3. The minimum atomic E-state index is -3.76. The van der Waals surface area contributed by atoms with Gasteiger partial charge in [-0.1, -0.05) is 53.4 Å². The molecule has 1 unspecified atom stereocenters. The second-order valence-corrected chi connectivity index (χ2v) is 13.5. The number of primary sulfonamides is 1.